The molecule has 0 aliphatic rings. The number of hydrogen-bond acceptors (Lipinski definition) is 6. The molecule has 2 aromatic rings. The molecule has 0 radical (unpaired) electrons. The van der Waals surface area contributed by atoms with Crippen molar-refractivity contribution >= 4 is 22.7 Å². The number of hydrogen-bond donors (Lipinski definition) is 0. The average molecular weight is 374 g/mol. The summed E-state index contributed by atoms with van der Waals surface area (Å²) < 4.78 is 22.0. The number of esters is 2. The quantitative estimate of drug-likeness (QED) is 0.553. The van der Waals surface area contributed by atoms with Gasteiger partial charge in [0, 0.05) is 24.1 Å². The molecule has 0 spiro atoms. The molecular weight excluding hydrogens is 348 g/mol. The number of carbonyl (C=O) groups is 2. The molecule has 0 N–H and O–H groups in total. The van der Waals surface area contributed by atoms with E-state index in [0.29, 0.717) is 10.8 Å². The fourth-order valence-corrected chi connectivity index (χ4v) is 2.85. The van der Waals surface area contributed by atoms with E-state index >= 15 is 0 Å². The molecule has 0 saturated heterocycles. The Morgan fingerprint density at radius 1 is 0.852 bits per heavy atom. The topological polar surface area (TPSA) is 71.1 Å². The molecule has 0 amide bonds. The summed E-state index contributed by atoms with van der Waals surface area (Å²) >= 11 is 0. The van der Waals surface area contributed by atoms with Crippen molar-refractivity contribution in [2.75, 3.05) is 14.2 Å². The fourth-order valence-electron chi connectivity index (χ4n) is 2.85. The van der Waals surface area contributed by atoms with Crippen LogP contribution in [0.15, 0.2) is 12.1 Å². The van der Waals surface area contributed by atoms with Crippen molar-refractivity contribution in [1.29, 1.82) is 0 Å². The number of carbonyl (C=O) groups excluding carboxylic acids is 2. The molecule has 2 rings (SSSR count). The molecule has 0 heterocycles. The number of benzene rings is 2. The highest BCUT2D eigenvalue weighted by Gasteiger charge is 2.27. The number of fused-ring (bicyclic) bond motifs is 1. The summed E-state index contributed by atoms with van der Waals surface area (Å²) in [6.07, 6.45) is 0.267. The van der Waals surface area contributed by atoms with Crippen LogP contribution in [0.3, 0.4) is 0 Å². The zero-order valence-electron chi connectivity index (χ0n) is 16.9. The maximum Gasteiger partial charge on any atom is 0.311 e. The summed E-state index contributed by atoms with van der Waals surface area (Å²) in [6, 6.07) is 3.77. The smallest absolute Gasteiger partial charge is 0.311 e. The number of aryl methyl sites for hydroxylation is 2. The Balaban J connectivity index is 2.85. The lowest BCUT2D eigenvalue weighted by molar-refractivity contribution is -0.135. The molecule has 0 aliphatic heterocycles. The first kappa shape index (κ1) is 20.6. The fraction of sp³-hybridized carbons (Fsp3) is 0.429. The zero-order chi connectivity index (χ0) is 20.3. The summed E-state index contributed by atoms with van der Waals surface area (Å²) in [7, 11) is 2.89. The lowest BCUT2D eigenvalue weighted by Gasteiger charge is -2.20. The van der Waals surface area contributed by atoms with Gasteiger partial charge in [-0.25, -0.2) is 0 Å². The molecule has 0 aromatic heterocycles. The van der Waals surface area contributed by atoms with Gasteiger partial charge in [0.25, 0.3) is 0 Å². The first-order valence-electron chi connectivity index (χ1n) is 8.77. The van der Waals surface area contributed by atoms with Crippen LogP contribution in [0, 0.1) is 19.8 Å². The highest BCUT2D eigenvalue weighted by Crippen LogP contribution is 2.51. The van der Waals surface area contributed by atoms with Crippen molar-refractivity contribution in [2.45, 2.75) is 41.0 Å². The van der Waals surface area contributed by atoms with Crippen molar-refractivity contribution in [2.24, 2.45) is 5.92 Å². The van der Waals surface area contributed by atoms with Crippen molar-refractivity contribution in [1.82, 2.24) is 0 Å². The van der Waals surface area contributed by atoms with Crippen molar-refractivity contribution in [3.05, 3.63) is 23.3 Å². The van der Waals surface area contributed by atoms with Gasteiger partial charge in [-0.15, -0.1) is 0 Å². The van der Waals surface area contributed by atoms with Crippen molar-refractivity contribution < 1.29 is 28.5 Å². The minimum absolute atomic E-state index is 0.154. The van der Waals surface area contributed by atoms with E-state index in [2.05, 4.69) is 0 Å². The van der Waals surface area contributed by atoms with Gasteiger partial charge in [-0.3, -0.25) is 9.59 Å². The first-order valence-corrected chi connectivity index (χ1v) is 8.77. The second-order valence-corrected chi connectivity index (χ2v) is 6.87. The van der Waals surface area contributed by atoms with E-state index in [1.165, 1.54) is 21.1 Å². The largest absolute Gasteiger partial charge is 0.490 e. The van der Waals surface area contributed by atoms with E-state index in [9.17, 15) is 9.59 Å². The van der Waals surface area contributed by atoms with Gasteiger partial charge in [-0.2, -0.15) is 0 Å². The van der Waals surface area contributed by atoms with Gasteiger partial charge < -0.3 is 18.9 Å². The Kier molecular flexibility index (Phi) is 6.31. The summed E-state index contributed by atoms with van der Waals surface area (Å²) in [5.41, 5.74) is 2.01. The van der Waals surface area contributed by atoms with Crippen LogP contribution in [0.5, 0.6) is 23.0 Å². The molecule has 146 valence electrons. The van der Waals surface area contributed by atoms with Gasteiger partial charge in [-0.05, 0) is 43.0 Å². The van der Waals surface area contributed by atoms with Crippen molar-refractivity contribution in [3.8, 4) is 23.0 Å². The monoisotopic (exact) mass is 374 g/mol. The molecule has 0 unspecified atom stereocenters. The SMILES string of the molecule is COc1c(OC)c(OC(=O)CC(C)C)c2cc(C)c(C)cc2c1OC(C)=O. The molecule has 0 aliphatic carbocycles. The van der Waals surface area contributed by atoms with Crippen LogP contribution in [0.1, 0.15) is 38.3 Å². The van der Waals surface area contributed by atoms with Gasteiger partial charge in [0.1, 0.15) is 0 Å². The third-order valence-corrected chi connectivity index (χ3v) is 4.19. The molecule has 6 heteroatoms. The standard InChI is InChI=1S/C21H26O6/c1-11(2)8-17(23)27-19-16-10-13(4)12(3)9-15(16)18(26-14(5)22)20(24-6)21(19)25-7/h9-11H,8H2,1-7H3. The van der Waals surface area contributed by atoms with E-state index in [0.717, 1.165) is 11.1 Å². The van der Waals surface area contributed by atoms with Crippen LogP contribution in [0.4, 0.5) is 0 Å². The number of methoxy groups -OCH3 is 2. The minimum Gasteiger partial charge on any atom is -0.490 e. The third-order valence-electron chi connectivity index (χ3n) is 4.19. The highest BCUT2D eigenvalue weighted by molar-refractivity contribution is 6.02. The van der Waals surface area contributed by atoms with Gasteiger partial charge in [-0.1, -0.05) is 13.8 Å². The molecule has 27 heavy (non-hydrogen) atoms. The summed E-state index contributed by atoms with van der Waals surface area (Å²) in [6.45, 7) is 9.10. The van der Waals surface area contributed by atoms with Gasteiger partial charge in [0.2, 0.25) is 11.5 Å². The zero-order valence-corrected chi connectivity index (χ0v) is 16.9. The molecule has 0 atom stereocenters. The molecule has 0 saturated carbocycles. The maximum atomic E-state index is 12.3. The Hall–Kier alpha value is -2.76. The van der Waals surface area contributed by atoms with E-state index in [1.54, 1.807) is 0 Å². The van der Waals surface area contributed by atoms with Gasteiger partial charge in [0.15, 0.2) is 11.5 Å². The summed E-state index contributed by atoms with van der Waals surface area (Å²) in [5, 5.41) is 1.22. The number of rotatable bonds is 6. The van der Waals surface area contributed by atoms with Crippen LogP contribution < -0.4 is 18.9 Å². The van der Waals surface area contributed by atoms with Gasteiger partial charge in [0.05, 0.1) is 14.2 Å². The van der Waals surface area contributed by atoms with Crippen LogP contribution in [0.25, 0.3) is 10.8 Å². The normalized spacial score (nSPS) is 10.8. The molecule has 0 bridgehead atoms. The minimum atomic E-state index is -0.487. The Morgan fingerprint density at radius 2 is 1.30 bits per heavy atom. The summed E-state index contributed by atoms with van der Waals surface area (Å²) in [5.74, 6) is 0.209. The Bertz CT molecular complexity index is 882. The van der Waals surface area contributed by atoms with Crippen LogP contribution >= 0.6 is 0 Å². The second kappa shape index (κ2) is 8.29. The Labute approximate surface area is 159 Å². The molecule has 0 fully saturated rings. The molecule has 6 nitrogen and oxygen atoms in total. The van der Waals surface area contributed by atoms with E-state index in [-0.39, 0.29) is 41.3 Å². The molecule has 2 aromatic carbocycles. The Morgan fingerprint density at radius 3 is 1.67 bits per heavy atom. The van der Waals surface area contributed by atoms with E-state index in [1.807, 2.05) is 39.8 Å². The first-order chi connectivity index (χ1) is 12.7. The van der Waals surface area contributed by atoms with Crippen molar-refractivity contribution in [3.63, 3.8) is 0 Å². The van der Waals surface area contributed by atoms with Crippen LogP contribution in [-0.2, 0) is 9.59 Å². The van der Waals surface area contributed by atoms with Crippen LogP contribution in [0.2, 0.25) is 0 Å². The van der Waals surface area contributed by atoms with Gasteiger partial charge >= 0.3 is 11.9 Å². The molecular formula is C21H26O6. The average Bonchev–Trinajstić information content (AvgIpc) is 2.57. The van der Waals surface area contributed by atoms with E-state index < -0.39 is 5.97 Å². The predicted octanol–water partition coefficient (Wildman–Crippen LogP) is 4.35. The summed E-state index contributed by atoms with van der Waals surface area (Å²) in [4.78, 5) is 24.0. The predicted molar refractivity (Wildman–Crippen MR) is 103 cm³/mol. The van der Waals surface area contributed by atoms with Crippen LogP contribution in [-0.4, -0.2) is 26.2 Å². The maximum absolute atomic E-state index is 12.3. The lowest BCUT2D eigenvalue weighted by atomic mass is 10.00. The number of ether oxygens (including phenoxy) is 4. The lowest BCUT2D eigenvalue weighted by Crippen LogP contribution is -2.13. The van der Waals surface area contributed by atoms with E-state index in [4.69, 9.17) is 18.9 Å². The second-order valence-electron chi connectivity index (χ2n) is 6.87. The highest BCUT2D eigenvalue weighted by atomic mass is 16.6. The third kappa shape index (κ3) is 4.32.